The van der Waals surface area contributed by atoms with Gasteiger partial charge in [-0.3, -0.25) is 4.79 Å². The number of furan rings is 1. The summed E-state index contributed by atoms with van der Waals surface area (Å²) in [6, 6.07) is 7.42. The molecule has 0 aliphatic rings. The number of hydrogen-bond acceptors (Lipinski definition) is 6. The van der Waals surface area contributed by atoms with Crippen molar-refractivity contribution in [3.63, 3.8) is 0 Å². The summed E-state index contributed by atoms with van der Waals surface area (Å²) in [6.07, 6.45) is 4.56. The fraction of sp³-hybridized carbons (Fsp3) is 0.412. The third-order valence-corrected chi connectivity index (χ3v) is 3.78. The summed E-state index contributed by atoms with van der Waals surface area (Å²) in [4.78, 5) is 11.8. The average Bonchev–Trinajstić information content (AvgIpc) is 3.28. The van der Waals surface area contributed by atoms with Gasteiger partial charge in [-0.25, -0.2) is 0 Å². The minimum Gasteiger partial charge on any atom is -0.467 e. The van der Waals surface area contributed by atoms with Crippen molar-refractivity contribution in [1.29, 1.82) is 0 Å². The van der Waals surface area contributed by atoms with Crippen molar-refractivity contribution in [3.8, 4) is 0 Å². The number of carbonyl (C=O) groups excluding carboxylic acids is 1. The normalized spacial score (nSPS) is 10.9. The fourth-order valence-electron chi connectivity index (χ4n) is 2.39. The van der Waals surface area contributed by atoms with E-state index in [0.717, 1.165) is 25.1 Å². The molecule has 0 spiro atoms. The van der Waals surface area contributed by atoms with Gasteiger partial charge in [0.25, 0.3) is 0 Å². The van der Waals surface area contributed by atoms with Crippen LogP contribution < -0.4 is 10.6 Å². The second kappa shape index (κ2) is 8.27. The molecule has 0 atom stereocenters. The minimum atomic E-state index is 0.0253. The van der Waals surface area contributed by atoms with Gasteiger partial charge in [-0.05, 0) is 30.7 Å². The highest BCUT2D eigenvalue weighted by Crippen LogP contribution is 2.10. The number of nitrogens with zero attached hydrogens (tertiary/aromatic N) is 4. The predicted octanol–water partition coefficient (Wildman–Crippen LogP) is 2.18. The second-order valence-corrected chi connectivity index (χ2v) is 5.74. The molecule has 0 bridgehead atoms. The third-order valence-electron chi connectivity index (χ3n) is 3.78. The lowest BCUT2D eigenvalue weighted by molar-refractivity contribution is -0.121. The van der Waals surface area contributed by atoms with Gasteiger partial charge in [-0.2, -0.15) is 4.52 Å². The second-order valence-electron chi connectivity index (χ2n) is 5.74. The lowest BCUT2D eigenvalue weighted by Crippen LogP contribution is -2.24. The van der Waals surface area contributed by atoms with Crippen LogP contribution in [0.5, 0.6) is 0 Å². The molecule has 8 heteroatoms. The van der Waals surface area contributed by atoms with Crippen molar-refractivity contribution in [2.75, 3.05) is 11.9 Å². The maximum Gasteiger partial charge on any atom is 0.220 e. The van der Waals surface area contributed by atoms with Crippen molar-refractivity contribution < 1.29 is 9.21 Å². The van der Waals surface area contributed by atoms with E-state index in [1.807, 2.05) is 24.3 Å². The first-order valence-corrected chi connectivity index (χ1v) is 8.50. The molecule has 8 nitrogen and oxygen atoms in total. The van der Waals surface area contributed by atoms with Crippen molar-refractivity contribution in [2.24, 2.45) is 0 Å². The number of amides is 1. The zero-order chi connectivity index (χ0) is 17.5. The van der Waals surface area contributed by atoms with Crippen LogP contribution in [0.3, 0.4) is 0 Å². The molecule has 3 rings (SSSR count). The summed E-state index contributed by atoms with van der Waals surface area (Å²) in [6.45, 7) is 3.36. The van der Waals surface area contributed by atoms with E-state index in [9.17, 15) is 4.79 Å². The van der Waals surface area contributed by atoms with Crippen LogP contribution in [-0.4, -0.2) is 32.3 Å². The Morgan fingerprint density at radius 2 is 2.20 bits per heavy atom. The number of fused-ring (bicyclic) bond motifs is 1. The predicted molar refractivity (Wildman–Crippen MR) is 93.1 cm³/mol. The summed E-state index contributed by atoms with van der Waals surface area (Å²) in [5.74, 6) is 2.21. The number of aryl methyl sites for hydroxylation is 1. The van der Waals surface area contributed by atoms with Crippen LogP contribution in [0.15, 0.2) is 34.9 Å². The summed E-state index contributed by atoms with van der Waals surface area (Å²) >= 11 is 0. The van der Waals surface area contributed by atoms with Crippen molar-refractivity contribution >= 4 is 17.4 Å². The lowest BCUT2D eigenvalue weighted by Gasteiger charge is -2.05. The van der Waals surface area contributed by atoms with E-state index < -0.39 is 0 Å². The van der Waals surface area contributed by atoms with Crippen LogP contribution in [0.1, 0.15) is 37.8 Å². The number of carbonyl (C=O) groups is 1. The van der Waals surface area contributed by atoms with Gasteiger partial charge in [0, 0.05) is 19.4 Å². The summed E-state index contributed by atoms with van der Waals surface area (Å²) in [5, 5.41) is 18.8. The van der Waals surface area contributed by atoms with E-state index in [1.165, 1.54) is 0 Å². The molecule has 0 saturated carbocycles. The quantitative estimate of drug-likeness (QED) is 0.579. The molecular formula is C17H22N6O2. The Balaban J connectivity index is 1.61. The van der Waals surface area contributed by atoms with Crippen LogP contribution in [-0.2, 0) is 17.8 Å². The van der Waals surface area contributed by atoms with Crippen molar-refractivity contribution in [1.82, 2.24) is 25.1 Å². The van der Waals surface area contributed by atoms with Gasteiger partial charge in [-0.1, -0.05) is 13.3 Å². The maximum atomic E-state index is 11.8. The van der Waals surface area contributed by atoms with Crippen LogP contribution in [0.2, 0.25) is 0 Å². The van der Waals surface area contributed by atoms with Gasteiger partial charge < -0.3 is 15.1 Å². The molecule has 3 aromatic heterocycles. The molecule has 0 aliphatic heterocycles. The Labute approximate surface area is 145 Å². The highest BCUT2D eigenvalue weighted by Gasteiger charge is 2.10. The monoisotopic (exact) mass is 342 g/mol. The summed E-state index contributed by atoms with van der Waals surface area (Å²) in [7, 11) is 0. The number of hydrogen-bond donors (Lipinski definition) is 2. The Morgan fingerprint density at radius 3 is 3.00 bits per heavy atom. The molecule has 0 aliphatic carbocycles. The molecule has 0 saturated heterocycles. The van der Waals surface area contributed by atoms with Gasteiger partial charge in [0.2, 0.25) is 5.91 Å². The summed E-state index contributed by atoms with van der Waals surface area (Å²) in [5.41, 5.74) is 0.657. The number of nitrogens with one attached hydrogen (secondary N) is 2. The van der Waals surface area contributed by atoms with Crippen LogP contribution >= 0.6 is 0 Å². The molecule has 3 aromatic rings. The fourth-order valence-corrected chi connectivity index (χ4v) is 2.39. The first-order valence-electron chi connectivity index (χ1n) is 8.50. The Hall–Kier alpha value is -2.90. The number of unbranched alkanes of at least 4 members (excludes halogenated alkanes) is 1. The highest BCUT2D eigenvalue weighted by molar-refractivity contribution is 5.76. The van der Waals surface area contributed by atoms with Gasteiger partial charge >= 0.3 is 0 Å². The van der Waals surface area contributed by atoms with Crippen LogP contribution in [0.25, 0.3) is 5.65 Å². The summed E-state index contributed by atoms with van der Waals surface area (Å²) < 4.78 is 6.96. The van der Waals surface area contributed by atoms with Gasteiger partial charge in [-0.15, -0.1) is 15.3 Å². The zero-order valence-corrected chi connectivity index (χ0v) is 14.2. The largest absolute Gasteiger partial charge is 0.467 e. The van der Waals surface area contributed by atoms with E-state index in [1.54, 1.807) is 10.8 Å². The molecule has 132 valence electrons. The lowest BCUT2D eigenvalue weighted by atomic mass is 10.2. The number of rotatable bonds is 9. The minimum absolute atomic E-state index is 0.0253. The van der Waals surface area contributed by atoms with Gasteiger partial charge in [0.15, 0.2) is 11.5 Å². The molecular weight excluding hydrogens is 320 g/mol. The standard InChI is InChI=1S/C17H22N6O2/c1-2-3-10-18-17(24)9-8-16-21-20-15-7-6-14(22-23(15)16)19-12-13-5-4-11-25-13/h4-7,11H,2-3,8-10,12H2,1H3,(H,18,24)(H,19,22). The molecule has 25 heavy (non-hydrogen) atoms. The zero-order valence-electron chi connectivity index (χ0n) is 14.2. The average molecular weight is 342 g/mol. The Kier molecular flexibility index (Phi) is 5.61. The Morgan fingerprint density at radius 1 is 1.28 bits per heavy atom. The third kappa shape index (κ3) is 4.56. The highest BCUT2D eigenvalue weighted by atomic mass is 16.3. The van der Waals surface area contributed by atoms with Gasteiger partial charge in [0.1, 0.15) is 11.6 Å². The number of anilines is 1. The Bertz CT molecular complexity index is 812. The van der Waals surface area contributed by atoms with Gasteiger partial charge in [0.05, 0.1) is 12.8 Å². The van der Waals surface area contributed by atoms with E-state index in [4.69, 9.17) is 4.42 Å². The topological polar surface area (TPSA) is 97.3 Å². The van der Waals surface area contributed by atoms with Crippen molar-refractivity contribution in [3.05, 3.63) is 42.1 Å². The molecule has 2 N–H and O–H groups in total. The SMILES string of the molecule is CCCCNC(=O)CCc1nnc2ccc(NCc3ccco3)nn12. The molecule has 1 amide bonds. The van der Waals surface area contributed by atoms with E-state index in [2.05, 4.69) is 32.9 Å². The number of aromatic nitrogens is 4. The van der Waals surface area contributed by atoms with Crippen LogP contribution in [0.4, 0.5) is 5.82 Å². The van der Waals surface area contributed by atoms with E-state index >= 15 is 0 Å². The van der Waals surface area contributed by atoms with E-state index in [-0.39, 0.29) is 5.91 Å². The first kappa shape index (κ1) is 16.9. The first-order chi connectivity index (χ1) is 12.3. The molecule has 0 fully saturated rings. The molecule has 3 heterocycles. The molecule has 0 radical (unpaired) electrons. The molecule has 0 aromatic carbocycles. The van der Waals surface area contributed by atoms with Crippen molar-refractivity contribution in [2.45, 2.75) is 39.2 Å². The van der Waals surface area contributed by atoms with Crippen LogP contribution in [0, 0.1) is 0 Å². The van der Waals surface area contributed by atoms with E-state index in [0.29, 0.717) is 36.7 Å². The smallest absolute Gasteiger partial charge is 0.220 e. The maximum absolute atomic E-state index is 11.8. The molecule has 0 unspecified atom stereocenters.